The molecule has 0 bridgehead atoms. The Morgan fingerprint density at radius 1 is 0.932 bits per heavy atom. The van der Waals surface area contributed by atoms with Crippen LogP contribution in [0.25, 0.3) is 5.69 Å². The minimum atomic E-state index is -0.823. The number of nitrogens with zero attached hydrogens (tertiary/aromatic N) is 4. The van der Waals surface area contributed by atoms with Crippen molar-refractivity contribution in [2.24, 2.45) is 0 Å². The topological polar surface area (TPSA) is 149 Å². The first-order chi connectivity index (χ1) is 21.5. The number of carbonyl (C=O) groups is 2. The summed E-state index contributed by atoms with van der Waals surface area (Å²) in [6.07, 6.45) is 1.74. The fourth-order valence-electron chi connectivity index (χ4n) is 4.92. The molecule has 1 aliphatic rings. The third kappa shape index (κ3) is 8.73. The van der Waals surface area contributed by atoms with Gasteiger partial charge in [-0.2, -0.15) is 4.68 Å². The second-order valence-electron chi connectivity index (χ2n) is 10.5. The molecule has 12 heteroatoms. The summed E-state index contributed by atoms with van der Waals surface area (Å²) >= 11 is 1.50. The highest BCUT2D eigenvalue weighted by Crippen LogP contribution is 2.40. The van der Waals surface area contributed by atoms with Crippen molar-refractivity contribution in [2.45, 2.75) is 68.8 Å². The number of aromatic nitrogens is 4. The number of rotatable bonds is 14. The van der Waals surface area contributed by atoms with Gasteiger partial charge in [0.1, 0.15) is 0 Å². The molecule has 230 valence electrons. The Morgan fingerprint density at radius 2 is 1.73 bits per heavy atom. The van der Waals surface area contributed by atoms with Gasteiger partial charge in [-0.25, -0.2) is 0 Å². The highest BCUT2D eigenvalue weighted by atomic mass is 32.2. The second kappa shape index (κ2) is 15.6. The van der Waals surface area contributed by atoms with Crippen LogP contribution in [0.5, 0.6) is 0 Å². The van der Waals surface area contributed by atoms with E-state index in [2.05, 4.69) is 20.8 Å². The van der Waals surface area contributed by atoms with Crippen molar-refractivity contribution in [3.05, 3.63) is 95.6 Å². The number of anilines is 1. The average molecular weight is 618 g/mol. The maximum Gasteiger partial charge on any atom is 0.303 e. The molecule has 1 amide bonds. The zero-order chi connectivity index (χ0) is 30.7. The van der Waals surface area contributed by atoms with Crippen molar-refractivity contribution < 1.29 is 29.3 Å². The molecule has 1 aromatic heterocycles. The fourth-order valence-corrected chi connectivity index (χ4v) is 5.82. The van der Waals surface area contributed by atoms with Gasteiger partial charge in [0.2, 0.25) is 11.1 Å². The molecule has 2 heterocycles. The molecule has 4 aromatic rings. The van der Waals surface area contributed by atoms with Crippen molar-refractivity contribution >= 4 is 29.3 Å². The molecule has 1 fully saturated rings. The maximum absolute atomic E-state index is 12.5. The number of amides is 1. The number of aliphatic hydroxyl groups is 1. The van der Waals surface area contributed by atoms with E-state index in [-0.39, 0.29) is 31.1 Å². The number of unbranched alkanes of at least 4 members (excludes halogenated alkanes) is 2. The van der Waals surface area contributed by atoms with Crippen molar-refractivity contribution in [2.75, 3.05) is 11.1 Å². The van der Waals surface area contributed by atoms with Gasteiger partial charge in [0, 0.05) is 36.3 Å². The van der Waals surface area contributed by atoms with Crippen molar-refractivity contribution in [1.29, 1.82) is 0 Å². The number of hydrogen-bond acceptors (Lipinski definition) is 9. The van der Waals surface area contributed by atoms with E-state index in [1.807, 2.05) is 78.9 Å². The van der Waals surface area contributed by atoms with Crippen LogP contribution < -0.4 is 5.32 Å². The number of thioether (sulfide) groups is 1. The molecule has 11 nitrogen and oxygen atoms in total. The lowest BCUT2D eigenvalue weighted by molar-refractivity contribution is -0.245. The van der Waals surface area contributed by atoms with Crippen LogP contribution in [0.15, 0.2) is 84.0 Å². The molecule has 44 heavy (non-hydrogen) atoms. The van der Waals surface area contributed by atoms with Gasteiger partial charge in [0.05, 0.1) is 24.5 Å². The Hall–Kier alpha value is -4.10. The molecule has 3 unspecified atom stereocenters. The highest BCUT2D eigenvalue weighted by molar-refractivity contribution is 7.99. The zero-order valence-corrected chi connectivity index (χ0v) is 24.9. The monoisotopic (exact) mass is 617 g/mol. The van der Waals surface area contributed by atoms with Crippen molar-refractivity contribution in [1.82, 2.24) is 20.2 Å². The largest absolute Gasteiger partial charge is 0.481 e. The first-order valence-corrected chi connectivity index (χ1v) is 15.6. The van der Waals surface area contributed by atoms with Gasteiger partial charge < -0.3 is 25.0 Å². The SMILES string of the molecule is O=C(O)CCCCCC(=O)Nc1cccc(C2OC(CSc3nnnn3-c3ccccc3)CC(c3ccc(CO)cc3)O2)c1. The standard InChI is InChI=1S/C32H35N5O6S/c38-20-22-14-16-23(17-15-22)28-19-27(21-44-32-34-35-36-37(32)26-10-3-1-4-11-26)42-31(43-28)24-8-7-9-25(18-24)33-29(39)12-5-2-6-13-30(40)41/h1,3-4,7-11,14-18,27-28,31,38H,2,5-6,12-13,19-21H2,(H,33,39)(H,40,41). The van der Waals surface area contributed by atoms with Gasteiger partial charge in [-0.05, 0) is 58.7 Å². The predicted octanol–water partition coefficient (Wildman–Crippen LogP) is 5.47. The molecule has 0 spiro atoms. The third-order valence-electron chi connectivity index (χ3n) is 7.19. The summed E-state index contributed by atoms with van der Waals surface area (Å²) in [6.45, 7) is -0.0339. The molecule has 3 aromatic carbocycles. The summed E-state index contributed by atoms with van der Waals surface area (Å²) in [5.74, 6) is -0.372. The first kappa shape index (κ1) is 31.3. The fraction of sp³-hybridized carbons (Fsp3) is 0.344. The van der Waals surface area contributed by atoms with Gasteiger partial charge >= 0.3 is 5.97 Å². The summed E-state index contributed by atoms with van der Waals surface area (Å²) in [7, 11) is 0. The van der Waals surface area contributed by atoms with E-state index in [0.29, 0.717) is 48.7 Å². The van der Waals surface area contributed by atoms with Gasteiger partial charge in [-0.3, -0.25) is 9.59 Å². The van der Waals surface area contributed by atoms with Gasteiger partial charge in [-0.15, -0.1) is 5.10 Å². The van der Waals surface area contributed by atoms with Gasteiger partial charge in [0.15, 0.2) is 6.29 Å². The number of tetrazole rings is 1. The summed E-state index contributed by atoms with van der Waals surface area (Å²) in [5, 5.41) is 34.1. The Kier molecular flexibility index (Phi) is 11.1. The molecule has 1 aliphatic heterocycles. The van der Waals surface area contributed by atoms with Crippen molar-refractivity contribution in [3.63, 3.8) is 0 Å². The molecular weight excluding hydrogens is 582 g/mol. The number of carbonyl (C=O) groups excluding carboxylic acids is 1. The summed E-state index contributed by atoms with van der Waals surface area (Å²) < 4.78 is 14.6. The quantitative estimate of drug-likeness (QED) is 0.123. The van der Waals surface area contributed by atoms with E-state index in [4.69, 9.17) is 14.6 Å². The average Bonchev–Trinajstić information content (AvgIpc) is 3.53. The Bertz CT molecular complexity index is 1520. The van der Waals surface area contributed by atoms with E-state index in [1.165, 1.54) is 11.8 Å². The Labute approximate surface area is 259 Å². The minimum Gasteiger partial charge on any atom is -0.481 e. The zero-order valence-electron chi connectivity index (χ0n) is 24.1. The van der Waals surface area contributed by atoms with Crippen LogP contribution in [0.3, 0.4) is 0 Å². The minimum absolute atomic E-state index is 0.0339. The van der Waals surface area contributed by atoms with Crippen LogP contribution in [-0.4, -0.2) is 54.2 Å². The number of hydrogen-bond donors (Lipinski definition) is 3. The number of aliphatic hydroxyl groups excluding tert-OH is 1. The summed E-state index contributed by atoms with van der Waals surface area (Å²) in [5.41, 5.74) is 4.07. The summed E-state index contributed by atoms with van der Waals surface area (Å²) in [6, 6.07) is 24.8. The smallest absolute Gasteiger partial charge is 0.303 e. The van der Waals surface area contributed by atoms with Crippen LogP contribution in [0, 0.1) is 0 Å². The molecule has 0 aliphatic carbocycles. The van der Waals surface area contributed by atoms with Crippen LogP contribution in [0.2, 0.25) is 0 Å². The molecule has 1 saturated heterocycles. The van der Waals surface area contributed by atoms with Crippen LogP contribution in [0.4, 0.5) is 5.69 Å². The number of para-hydroxylation sites is 1. The molecular formula is C32H35N5O6S. The first-order valence-electron chi connectivity index (χ1n) is 14.6. The number of carboxylic acid groups (broad SMARTS) is 1. The number of aliphatic carboxylic acids is 1. The van der Waals surface area contributed by atoms with Gasteiger partial charge in [-0.1, -0.05) is 72.8 Å². The Morgan fingerprint density at radius 3 is 2.50 bits per heavy atom. The number of benzene rings is 3. The Balaban J connectivity index is 1.27. The summed E-state index contributed by atoms with van der Waals surface area (Å²) in [4.78, 5) is 23.2. The normalized spacial score (nSPS) is 18.2. The van der Waals surface area contributed by atoms with E-state index >= 15 is 0 Å². The molecule has 0 saturated carbocycles. The van der Waals surface area contributed by atoms with E-state index in [9.17, 15) is 14.7 Å². The number of carboxylic acids is 1. The predicted molar refractivity (Wildman–Crippen MR) is 164 cm³/mol. The van der Waals surface area contributed by atoms with Crippen LogP contribution in [0.1, 0.15) is 67.6 Å². The number of nitrogens with one attached hydrogen (secondary N) is 1. The molecule has 3 N–H and O–H groups in total. The molecule has 0 radical (unpaired) electrons. The van der Waals surface area contributed by atoms with E-state index < -0.39 is 12.3 Å². The maximum atomic E-state index is 12.5. The van der Waals surface area contributed by atoms with E-state index in [1.54, 1.807) is 4.68 Å². The molecule has 3 atom stereocenters. The van der Waals surface area contributed by atoms with Crippen LogP contribution in [-0.2, 0) is 25.7 Å². The third-order valence-corrected chi connectivity index (χ3v) is 8.24. The van der Waals surface area contributed by atoms with E-state index in [0.717, 1.165) is 22.4 Å². The molecule has 5 rings (SSSR count). The van der Waals surface area contributed by atoms with Crippen LogP contribution >= 0.6 is 11.8 Å². The van der Waals surface area contributed by atoms with Crippen molar-refractivity contribution in [3.8, 4) is 5.69 Å². The number of ether oxygens (including phenoxy) is 2. The lowest BCUT2D eigenvalue weighted by Gasteiger charge is -2.36. The lowest BCUT2D eigenvalue weighted by Crippen LogP contribution is -2.31. The second-order valence-corrected chi connectivity index (χ2v) is 11.5. The van der Waals surface area contributed by atoms with Gasteiger partial charge in [0.25, 0.3) is 0 Å². The lowest BCUT2D eigenvalue weighted by atomic mass is 10.0. The highest BCUT2D eigenvalue weighted by Gasteiger charge is 2.33.